The normalized spacial score (nSPS) is 9.10. The minimum atomic E-state index is -2.41. The van der Waals surface area contributed by atoms with Crippen molar-refractivity contribution in [3.8, 4) is 6.08 Å². The van der Waals surface area contributed by atoms with Crippen LogP contribution < -0.4 is 55.9 Å². The van der Waals surface area contributed by atoms with Gasteiger partial charge in [-0.3, -0.25) is 0 Å². The molecule has 0 aliphatic heterocycles. The molecule has 7 heteroatoms. The van der Waals surface area contributed by atoms with Crippen molar-refractivity contribution in [3.63, 3.8) is 0 Å². The van der Waals surface area contributed by atoms with Crippen LogP contribution in [-0.4, -0.2) is 14.8 Å². The molecule has 5 nitrogen and oxygen atoms in total. The third-order valence-electron chi connectivity index (χ3n) is 0.569. The summed E-state index contributed by atoms with van der Waals surface area (Å²) in [6.07, 6.45) is 2.48. The molecule has 0 aromatic carbocycles. The molecule has 0 unspecified atom stereocenters. The fourth-order valence-corrected chi connectivity index (χ4v) is 0.555. The average molecular weight is 189 g/mol. The summed E-state index contributed by atoms with van der Waals surface area (Å²) in [5, 5.41) is 0. The SMILES string of the molecule is OP(O)Oc1ncco1.[H-].[K+]. The van der Waals surface area contributed by atoms with Crippen molar-refractivity contribution in [2.45, 2.75) is 0 Å². The van der Waals surface area contributed by atoms with Crippen LogP contribution in [0.3, 0.4) is 0 Å². The van der Waals surface area contributed by atoms with Gasteiger partial charge < -0.3 is 20.2 Å². The molecular weight excluding hydrogens is 184 g/mol. The third kappa shape index (κ3) is 4.00. The van der Waals surface area contributed by atoms with Crippen LogP contribution in [0.2, 0.25) is 0 Å². The first kappa shape index (κ1) is 11.0. The maximum atomic E-state index is 8.22. The third-order valence-corrected chi connectivity index (χ3v) is 0.889. The fourth-order valence-electron chi connectivity index (χ4n) is 0.325. The van der Waals surface area contributed by atoms with Gasteiger partial charge in [-0.15, -0.1) is 0 Å². The molecule has 0 aliphatic carbocycles. The van der Waals surface area contributed by atoms with Gasteiger partial charge in [-0.1, -0.05) is 0 Å². The van der Waals surface area contributed by atoms with Crippen molar-refractivity contribution < 1.29 is 71.5 Å². The maximum Gasteiger partial charge on any atom is 1.00 e. The Morgan fingerprint density at radius 3 is 2.80 bits per heavy atom. The van der Waals surface area contributed by atoms with E-state index < -0.39 is 8.60 Å². The van der Waals surface area contributed by atoms with Crippen LogP contribution in [0.15, 0.2) is 16.9 Å². The molecule has 2 N–H and O–H groups in total. The summed E-state index contributed by atoms with van der Waals surface area (Å²) in [6, 6.07) is 0. The molecule has 0 aliphatic rings. The zero-order valence-electron chi connectivity index (χ0n) is 6.26. The molecule has 1 rings (SSSR count). The first-order chi connectivity index (χ1) is 4.29. The molecule has 52 valence electrons. The Hall–Kier alpha value is 0.996. The fraction of sp³-hybridized carbons (Fsp3) is 0. The van der Waals surface area contributed by atoms with Gasteiger partial charge in [0.05, 0.1) is 6.20 Å². The first-order valence-corrected chi connectivity index (χ1v) is 3.21. The first-order valence-electron chi connectivity index (χ1n) is 2.04. The van der Waals surface area contributed by atoms with E-state index in [2.05, 4.69) is 13.9 Å². The zero-order valence-corrected chi connectivity index (χ0v) is 9.28. The van der Waals surface area contributed by atoms with E-state index in [0.717, 1.165) is 0 Å². The molecule has 0 bridgehead atoms. The van der Waals surface area contributed by atoms with E-state index in [9.17, 15) is 0 Å². The summed E-state index contributed by atoms with van der Waals surface area (Å²) in [6.45, 7) is 0. The molecule has 0 fully saturated rings. The number of hydrogen-bond donors (Lipinski definition) is 2. The Morgan fingerprint density at radius 2 is 2.40 bits per heavy atom. The molecular formula is C3H5KNO4P. The van der Waals surface area contributed by atoms with E-state index in [0.29, 0.717) is 0 Å². The second kappa shape index (κ2) is 5.62. The Bertz CT molecular complexity index is 172. The van der Waals surface area contributed by atoms with E-state index >= 15 is 0 Å². The summed E-state index contributed by atoms with van der Waals surface area (Å²) >= 11 is 0. The minimum absolute atomic E-state index is 0. The van der Waals surface area contributed by atoms with Crippen LogP contribution in [0, 0.1) is 0 Å². The summed E-state index contributed by atoms with van der Waals surface area (Å²) in [4.78, 5) is 19.9. The van der Waals surface area contributed by atoms with Gasteiger partial charge in [-0.05, 0) is 0 Å². The Morgan fingerprint density at radius 1 is 1.70 bits per heavy atom. The van der Waals surface area contributed by atoms with Crippen molar-refractivity contribution in [2.75, 3.05) is 0 Å². The van der Waals surface area contributed by atoms with Gasteiger partial charge in [-0.25, -0.2) is 0 Å². The molecule has 0 radical (unpaired) electrons. The quantitative estimate of drug-likeness (QED) is 0.393. The van der Waals surface area contributed by atoms with Crippen LogP contribution in [0.1, 0.15) is 1.43 Å². The van der Waals surface area contributed by atoms with Gasteiger partial charge in [0.1, 0.15) is 6.26 Å². The number of oxazole rings is 1. The van der Waals surface area contributed by atoms with Crippen LogP contribution in [0.4, 0.5) is 0 Å². The van der Waals surface area contributed by atoms with Crippen molar-refractivity contribution in [2.24, 2.45) is 0 Å². The van der Waals surface area contributed by atoms with Crippen LogP contribution in [0.5, 0.6) is 6.08 Å². The Kier molecular flexibility index (Phi) is 6.18. The van der Waals surface area contributed by atoms with Crippen molar-refractivity contribution in [3.05, 3.63) is 12.5 Å². The monoisotopic (exact) mass is 189 g/mol. The average Bonchev–Trinajstić information content (AvgIpc) is 2.15. The summed E-state index contributed by atoms with van der Waals surface area (Å²) in [5.41, 5.74) is 0. The standard InChI is InChI=1S/C3H4NO4P.K.H/c5-9(6)8-3-4-1-2-7-3;;/h1-2,5-6H;;/q;+1;-1. The predicted molar refractivity (Wildman–Crippen MR) is 29.6 cm³/mol. The molecule has 1 heterocycles. The Labute approximate surface area is 102 Å². The minimum Gasteiger partial charge on any atom is -1.00 e. The molecule has 0 atom stereocenters. The van der Waals surface area contributed by atoms with Gasteiger partial charge >= 0.3 is 66.1 Å². The summed E-state index contributed by atoms with van der Waals surface area (Å²) in [5.74, 6) is 0. The summed E-state index contributed by atoms with van der Waals surface area (Å²) < 4.78 is 8.76. The topological polar surface area (TPSA) is 75.7 Å². The molecule has 10 heavy (non-hydrogen) atoms. The largest absolute Gasteiger partial charge is 1.00 e. The number of rotatable bonds is 2. The van der Waals surface area contributed by atoms with E-state index in [1.54, 1.807) is 0 Å². The number of aromatic nitrogens is 1. The predicted octanol–water partition coefficient (Wildman–Crippen LogP) is -2.62. The van der Waals surface area contributed by atoms with Crippen molar-refractivity contribution in [1.29, 1.82) is 0 Å². The van der Waals surface area contributed by atoms with Gasteiger partial charge in [0.25, 0.3) is 0 Å². The smallest absolute Gasteiger partial charge is 1.00 e. The molecule has 1 aromatic heterocycles. The zero-order chi connectivity index (χ0) is 6.69. The summed E-state index contributed by atoms with van der Waals surface area (Å²) in [7, 11) is -2.41. The Balaban J connectivity index is 0. The van der Waals surface area contributed by atoms with E-state index in [1.807, 2.05) is 0 Å². The van der Waals surface area contributed by atoms with E-state index in [-0.39, 0.29) is 58.9 Å². The van der Waals surface area contributed by atoms with Gasteiger partial charge in [0, 0.05) is 0 Å². The van der Waals surface area contributed by atoms with Crippen LogP contribution in [0.25, 0.3) is 0 Å². The van der Waals surface area contributed by atoms with E-state index in [4.69, 9.17) is 9.79 Å². The maximum absolute atomic E-state index is 8.22. The van der Waals surface area contributed by atoms with E-state index in [1.165, 1.54) is 12.5 Å². The number of nitrogens with zero attached hydrogens (tertiary/aromatic N) is 1. The second-order valence-corrected chi connectivity index (χ2v) is 1.83. The second-order valence-electron chi connectivity index (χ2n) is 1.14. The molecule has 0 saturated heterocycles. The van der Waals surface area contributed by atoms with Crippen molar-refractivity contribution in [1.82, 2.24) is 4.98 Å². The molecule has 1 aromatic rings. The van der Waals surface area contributed by atoms with Gasteiger partial charge in [0.2, 0.25) is 0 Å². The number of hydrogen-bond acceptors (Lipinski definition) is 5. The van der Waals surface area contributed by atoms with Gasteiger partial charge in [-0.2, -0.15) is 4.98 Å². The van der Waals surface area contributed by atoms with Gasteiger partial charge in [0.15, 0.2) is 0 Å². The van der Waals surface area contributed by atoms with Crippen LogP contribution in [-0.2, 0) is 0 Å². The molecule has 0 amide bonds. The molecule has 0 saturated carbocycles. The van der Waals surface area contributed by atoms with Crippen LogP contribution >= 0.6 is 8.60 Å². The molecule has 0 spiro atoms. The van der Waals surface area contributed by atoms with Crippen molar-refractivity contribution >= 4 is 8.60 Å².